The van der Waals surface area contributed by atoms with Gasteiger partial charge >= 0.3 is 17.9 Å². The molecule has 7 unspecified atom stereocenters. The molecule has 1 aliphatic rings. The van der Waals surface area contributed by atoms with E-state index in [1.165, 1.54) is 5.56 Å². The van der Waals surface area contributed by atoms with Gasteiger partial charge in [0.1, 0.15) is 6.10 Å². The minimum Gasteiger partial charge on any atom is -0.481 e. The van der Waals surface area contributed by atoms with Crippen molar-refractivity contribution >= 4 is 17.9 Å². The summed E-state index contributed by atoms with van der Waals surface area (Å²) in [6.45, 7) is 9.55. The summed E-state index contributed by atoms with van der Waals surface area (Å²) >= 11 is 0. The van der Waals surface area contributed by atoms with Crippen LogP contribution in [0.25, 0.3) is 0 Å². The molecule has 0 bridgehead atoms. The van der Waals surface area contributed by atoms with Crippen molar-refractivity contribution in [1.82, 2.24) is 0 Å². The van der Waals surface area contributed by atoms with E-state index in [0.717, 1.165) is 24.5 Å². The van der Waals surface area contributed by atoms with Crippen LogP contribution in [0.3, 0.4) is 0 Å². The van der Waals surface area contributed by atoms with Gasteiger partial charge < -0.3 is 19.7 Å². The molecule has 7 heteroatoms. The first-order valence-corrected chi connectivity index (χ1v) is 15.1. The third-order valence-electron chi connectivity index (χ3n) is 8.78. The third-order valence-corrected chi connectivity index (χ3v) is 8.78. The third kappa shape index (κ3) is 9.28. The van der Waals surface area contributed by atoms with Crippen LogP contribution in [0, 0.1) is 17.8 Å². The van der Waals surface area contributed by atoms with Crippen molar-refractivity contribution in [3.05, 3.63) is 84.4 Å². The van der Waals surface area contributed by atoms with Crippen LogP contribution in [-0.2, 0) is 29.3 Å². The molecule has 0 heterocycles. The number of rotatable bonds is 15. The first-order chi connectivity index (χ1) is 20.1. The van der Waals surface area contributed by atoms with Crippen molar-refractivity contribution in [3.63, 3.8) is 0 Å². The molecule has 2 aromatic carbocycles. The maximum Gasteiger partial charge on any atom is 0.330 e. The summed E-state index contributed by atoms with van der Waals surface area (Å²) < 4.78 is 10.8. The number of carboxylic acid groups (broad SMARTS) is 1. The Morgan fingerprint density at radius 3 is 2.26 bits per heavy atom. The highest BCUT2D eigenvalue weighted by molar-refractivity contribution is 5.81. The maximum atomic E-state index is 13.1. The topological polar surface area (TPSA) is 110 Å². The lowest BCUT2D eigenvalue weighted by molar-refractivity contribution is -0.165. The van der Waals surface area contributed by atoms with Crippen molar-refractivity contribution in [2.45, 2.75) is 89.3 Å². The number of carbonyl (C=O) groups excluding carboxylic acids is 2. The van der Waals surface area contributed by atoms with Gasteiger partial charge in [0.05, 0.1) is 24.5 Å². The Bertz CT molecular complexity index is 1160. The lowest BCUT2D eigenvalue weighted by Crippen LogP contribution is -2.40. The fourth-order valence-corrected chi connectivity index (χ4v) is 6.28. The number of esters is 2. The largest absolute Gasteiger partial charge is 0.481 e. The number of aliphatic hydroxyl groups is 1. The van der Waals surface area contributed by atoms with Crippen LogP contribution < -0.4 is 0 Å². The van der Waals surface area contributed by atoms with Crippen molar-refractivity contribution in [2.75, 3.05) is 6.61 Å². The Kier molecular flexibility index (Phi) is 12.3. The van der Waals surface area contributed by atoms with Crippen LogP contribution in [0.5, 0.6) is 0 Å². The van der Waals surface area contributed by atoms with Gasteiger partial charge in [0, 0.05) is 6.08 Å². The van der Waals surface area contributed by atoms with Crippen molar-refractivity contribution in [3.8, 4) is 0 Å². The van der Waals surface area contributed by atoms with E-state index < -0.39 is 47.4 Å². The summed E-state index contributed by atoms with van der Waals surface area (Å²) in [6.07, 6.45) is 3.22. The van der Waals surface area contributed by atoms with Gasteiger partial charge in [0.15, 0.2) is 0 Å². The summed E-state index contributed by atoms with van der Waals surface area (Å²) in [4.78, 5) is 37.0. The first-order valence-electron chi connectivity index (χ1n) is 15.1. The molecule has 2 N–H and O–H groups in total. The quantitative estimate of drug-likeness (QED) is 0.185. The normalized spacial score (nSPS) is 22.1. The second-order valence-corrected chi connectivity index (χ2v) is 12.1. The molecule has 228 valence electrons. The second kappa shape index (κ2) is 15.7. The number of aliphatic carboxylic acids is 1. The van der Waals surface area contributed by atoms with E-state index >= 15 is 0 Å². The van der Waals surface area contributed by atoms with Crippen molar-refractivity contribution in [1.29, 1.82) is 0 Å². The van der Waals surface area contributed by atoms with Crippen LogP contribution >= 0.6 is 0 Å². The SMILES string of the molecule is C=CC(=O)OCC1CCC(OC(=O)C(C)CC(CC(C)(CC(CC)c2ccccc2)c2ccccc2)C(=O)O)C(O)C1. The van der Waals surface area contributed by atoms with Crippen LogP contribution in [0.2, 0.25) is 0 Å². The lowest BCUT2D eigenvalue weighted by atomic mass is 9.67. The molecule has 3 rings (SSSR count). The summed E-state index contributed by atoms with van der Waals surface area (Å²) in [5, 5.41) is 20.9. The van der Waals surface area contributed by atoms with E-state index in [9.17, 15) is 24.6 Å². The predicted molar refractivity (Wildman–Crippen MR) is 162 cm³/mol. The second-order valence-electron chi connectivity index (χ2n) is 12.1. The highest BCUT2D eigenvalue weighted by Crippen LogP contribution is 2.42. The van der Waals surface area contributed by atoms with E-state index in [-0.39, 0.29) is 24.9 Å². The fraction of sp³-hybridized carbons (Fsp3) is 0.514. The number of hydrogen-bond donors (Lipinski definition) is 2. The van der Waals surface area contributed by atoms with Crippen LogP contribution in [0.4, 0.5) is 0 Å². The van der Waals surface area contributed by atoms with E-state index in [1.807, 2.05) is 36.4 Å². The van der Waals surface area contributed by atoms with E-state index in [0.29, 0.717) is 25.7 Å². The molecule has 0 aliphatic heterocycles. The Labute approximate surface area is 249 Å². The number of carbonyl (C=O) groups is 3. The number of ether oxygens (including phenoxy) is 2. The van der Waals surface area contributed by atoms with Gasteiger partial charge in [-0.05, 0) is 73.3 Å². The van der Waals surface area contributed by atoms with E-state index in [4.69, 9.17) is 9.47 Å². The van der Waals surface area contributed by atoms with Gasteiger partial charge in [0.25, 0.3) is 0 Å². The van der Waals surface area contributed by atoms with Crippen LogP contribution in [0.15, 0.2) is 73.3 Å². The molecular formula is C35H46O7. The Hall–Kier alpha value is -3.45. The van der Waals surface area contributed by atoms with Crippen LogP contribution in [-0.4, -0.2) is 46.9 Å². The van der Waals surface area contributed by atoms with E-state index in [2.05, 4.69) is 44.7 Å². The molecule has 0 amide bonds. The molecule has 1 aliphatic carbocycles. The minimum atomic E-state index is -0.931. The van der Waals surface area contributed by atoms with E-state index in [1.54, 1.807) is 6.92 Å². The van der Waals surface area contributed by atoms with Crippen LogP contribution in [0.1, 0.15) is 82.8 Å². The molecule has 42 heavy (non-hydrogen) atoms. The lowest BCUT2D eigenvalue weighted by Gasteiger charge is -2.37. The first kappa shape index (κ1) is 33.1. The Morgan fingerprint density at radius 2 is 1.69 bits per heavy atom. The molecule has 1 saturated carbocycles. The number of aliphatic hydroxyl groups excluding tert-OH is 1. The molecule has 0 spiro atoms. The average Bonchev–Trinajstić information content (AvgIpc) is 3.00. The molecule has 0 radical (unpaired) electrons. The average molecular weight is 579 g/mol. The van der Waals surface area contributed by atoms with Gasteiger partial charge in [0.2, 0.25) is 0 Å². The Balaban J connectivity index is 1.68. The number of carboxylic acids is 1. The number of benzene rings is 2. The number of hydrogen-bond acceptors (Lipinski definition) is 6. The summed E-state index contributed by atoms with van der Waals surface area (Å²) in [6, 6.07) is 20.4. The van der Waals surface area contributed by atoms with Gasteiger partial charge in [-0.3, -0.25) is 9.59 Å². The molecule has 7 atom stereocenters. The standard InChI is InChI=1S/C35H46O7/c1-5-26(27-13-9-7-10-14-27)21-35(4,29-15-11-8-12-16-29)22-28(33(38)39)19-24(3)34(40)42-31-18-17-25(20-30(31)36)23-41-32(37)6-2/h6-16,24-26,28,30-31,36H,2,5,17-23H2,1,3-4H3,(H,38,39). The summed E-state index contributed by atoms with van der Waals surface area (Å²) in [7, 11) is 0. The fourth-order valence-electron chi connectivity index (χ4n) is 6.28. The van der Waals surface area contributed by atoms with Gasteiger partial charge in [-0.1, -0.05) is 88.0 Å². The highest BCUT2D eigenvalue weighted by Gasteiger charge is 2.38. The molecule has 1 fully saturated rings. The molecular weight excluding hydrogens is 532 g/mol. The zero-order valence-electron chi connectivity index (χ0n) is 25.1. The van der Waals surface area contributed by atoms with Crippen molar-refractivity contribution < 1.29 is 34.1 Å². The van der Waals surface area contributed by atoms with Gasteiger partial charge in [-0.15, -0.1) is 0 Å². The molecule has 0 saturated heterocycles. The molecule has 7 nitrogen and oxygen atoms in total. The summed E-state index contributed by atoms with van der Waals surface area (Å²) in [5.74, 6) is -3.12. The zero-order chi connectivity index (χ0) is 30.7. The molecule has 2 aromatic rings. The Morgan fingerprint density at radius 1 is 1.05 bits per heavy atom. The zero-order valence-corrected chi connectivity index (χ0v) is 25.1. The molecule has 0 aromatic heterocycles. The monoisotopic (exact) mass is 578 g/mol. The minimum absolute atomic E-state index is 0.0221. The predicted octanol–water partition coefficient (Wildman–Crippen LogP) is 6.45. The van der Waals surface area contributed by atoms with Gasteiger partial charge in [-0.2, -0.15) is 0 Å². The van der Waals surface area contributed by atoms with Gasteiger partial charge in [-0.25, -0.2) is 4.79 Å². The smallest absolute Gasteiger partial charge is 0.330 e. The maximum absolute atomic E-state index is 13.1. The highest BCUT2D eigenvalue weighted by atomic mass is 16.6. The van der Waals surface area contributed by atoms with Crippen molar-refractivity contribution in [2.24, 2.45) is 17.8 Å². The summed E-state index contributed by atoms with van der Waals surface area (Å²) in [5.41, 5.74) is 1.88.